The second-order valence-corrected chi connectivity index (χ2v) is 9.47. The third kappa shape index (κ3) is 2.38. The summed E-state index contributed by atoms with van der Waals surface area (Å²) in [5.41, 5.74) is 2.34. The SMILES string of the molecule is C=C1CCC2OC2(C)CCC2C1CC2(C)CCC1OC1(C)C. The predicted molar refractivity (Wildman–Crippen MR) is 88.8 cm³/mol. The quantitative estimate of drug-likeness (QED) is 0.549. The van der Waals surface area contributed by atoms with Gasteiger partial charge in [0.25, 0.3) is 0 Å². The molecule has 2 heteroatoms. The monoisotopic (exact) mass is 304 g/mol. The van der Waals surface area contributed by atoms with Gasteiger partial charge in [0.1, 0.15) is 0 Å². The van der Waals surface area contributed by atoms with Crippen molar-refractivity contribution in [3.05, 3.63) is 12.2 Å². The molecule has 0 bridgehead atoms. The van der Waals surface area contributed by atoms with Crippen molar-refractivity contribution in [2.24, 2.45) is 17.3 Å². The molecular weight excluding hydrogens is 272 g/mol. The van der Waals surface area contributed by atoms with E-state index in [9.17, 15) is 0 Å². The lowest BCUT2D eigenvalue weighted by Crippen LogP contribution is -2.47. The lowest BCUT2D eigenvalue weighted by molar-refractivity contribution is -0.0289. The summed E-state index contributed by atoms with van der Waals surface area (Å²) in [4.78, 5) is 0. The summed E-state index contributed by atoms with van der Waals surface area (Å²) >= 11 is 0. The fourth-order valence-corrected chi connectivity index (χ4v) is 5.41. The third-order valence-corrected chi connectivity index (χ3v) is 7.45. The van der Waals surface area contributed by atoms with E-state index in [1.54, 1.807) is 0 Å². The van der Waals surface area contributed by atoms with Crippen molar-refractivity contribution in [1.29, 1.82) is 0 Å². The zero-order valence-electron chi connectivity index (χ0n) is 14.8. The van der Waals surface area contributed by atoms with Crippen LogP contribution in [0.15, 0.2) is 12.2 Å². The van der Waals surface area contributed by atoms with E-state index in [1.807, 2.05) is 0 Å². The molecule has 0 spiro atoms. The number of hydrogen-bond acceptors (Lipinski definition) is 2. The first-order valence-corrected chi connectivity index (χ1v) is 9.27. The van der Waals surface area contributed by atoms with Crippen molar-refractivity contribution in [1.82, 2.24) is 0 Å². The van der Waals surface area contributed by atoms with E-state index in [1.165, 1.54) is 50.5 Å². The Bertz CT molecular complexity index is 496. The van der Waals surface area contributed by atoms with Gasteiger partial charge in [-0.25, -0.2) is 0 Å². The van der Waals surface area contributed by atoms with Gasteiger partial charge in [-0.2, -0.15) is 0 Å². The molecule has 0 aromatic heterocycles. The number of ether oxygens (including phenoxy) is 2. The minimum absolute atomic E-state index is 0.143. The first-order chi connectivity index (χ1) is 10.2. The molecular formula is C20H32O2. The van der Waals surface area contributed by atoms with Crippen LogP contribution < -0.4 is 0 Å². The molecule has 2 aliphatic heterocycles. The lowest BCUT2D eigenvalue weighted by atomic mass is 9.49. The molecule has 124 valence electrons. The maximum atomic E-state index is 5.98. The van der Waals surface area contributed by atoms with Crippen LogP contribution in [-0.4, -0.2) is 23.4 Å². The number of allylic oxidation sites excluding steroid dienone is 1. The molecule has 2 nitrogen and oxygen atoms in total. The fraction of sp³-hybridized carbons (Fsp3) is 0.900. The summed E-state index contributed by atoms with van der Waals surface area (Å²) in [6.07, 6.45) is 9.84. The van der Waals surface area contributed by atoms with Crippen LogP contribution in [-0.2, 0) is 9.47 Å². The van der Waals surface area contributed by atoms with Crippen molar-refractivity contribution in [3.63, 3.8) is 0 Å². The van der Waals surface area contributed by atoms with Crippen molar-refractivity contribution >= 4 is 0 Å². The van der Waals surface area contributed by atoms with Gasteiger partial charge in [0.05, 0.1) is 23.4 Å². The van der Waals surface area contributed by atoms with E-state index in [0.717, 1.165) is 11.8 Å². The first-order valence-electron chi connectivity index (χ1n) is 9.27. The average Bonchev–Trinajstić information content (AvgIpc) is 3.26. The molecule has 2 aliphatic carbocycles. The Morgan fingerprint density at radius 1 is 1.14 bits per heavy atom. The van der Waals surface area contributed by atoms with Crippen LogP contribution >= 0.6 is 0 Å². The molecule has 6 unspecified atom stereocenters. The summed E-state index contributed by atoms with van der Waals surface area (Å²) in [5, 5.41) is 0. The molecule has 0 aromatic rings. The second kappa shape index (κ2) is 4.60. The van der Waals surface area contributed by atoms with Gasteiger partial charge in [-0.3, -0.25) is 0 Å². The van der Waals surface area contributed by atoms with Crippen molar-refractivity contribution in [2.45, 2.75) is 96.1 Å². The average molecular weight is 304 g/mol. The molecule has 0 aromatic carbocycles. The van der Waals surface area contributed by atoms with E-state index < -0.39 is 0 Å². The number of hydrogen-bond donors (Lipinski definition) is 0. The summed E-state index contributed by atoms with van der Waals surface area (Å²) in [7, 11) is 0. The standard InChI is InChI=1S/C20H32O2/c1-13-6-7-17-20(5,22-17)11-8-15-14(13)12-19(15,4)10-9-16-18(2,3)21-16/h14-17H,1,6-12H2,2-5H3. The Hall–Kier alpha value is -0.340. The van der Waals surface area contributed by atoms with Crippen molar-refractivity contribution < 1.29 is 9.47 Å². The van der Waals surface area contributed by atoms with Gasteiger partial charge < -0.3 is 9.47 Å². The molecule has 6 atom stereocenters. The fourth-order valence-electron chi connectivity index (χ4n) is 5.41. The van der Waals surface area contributed by atoms with Crippen LogP contribution in [0.3, 0.4) is 0 Å². The van der Waals surface area contributed by atoms with Crippen LogP contribution in [0.5, 0.6) is 0 Å². The molecule has 2 saturated carbocycles. The minimum atomic E-state index is 0.143. The van der Waals surface area contributed by atoms with E-state index in [0.29, 0.717) is 17.6 Å². The third-order valence-electron chi connectivity index (χ3n) is 7.45. The maximum Gasteiger partial charge on any atom is 0.0920 e. The number of epoxide rings is 2. The van der Waals surface area contributed by atoms with Crippen molar-refractivity contribution in [2.75, 3.05) is 0 Å². The van der Waals surface area contributed by atoms with E-state index in [2.05, 4.69) is 34.3 Å². The zero-order chi connectivity index (χ0) is 15.8. The van der Waals surface area contributed by atoms with E-state index in [4.69, 9.17) is 9.47 Å². The van der Waals surface area contributed by atoms with Crippen LogP contribution in [0.2, 0.25) is 0 Å². The van der Waals surface area contributed by atoms with Crippen LogP contribution in [0.4, 0.5) is 0 Å². The molecule has 2 saturated heterocycles. The zero-order valence-corrected chi connectivity index (χ0v) is 14.8. The molecule has 4 fully saturated rings. The highest BCUT2D eigenvalue weighted by Crippen LogP contribution is 2.61. The van der Waals surface area contributed by atoms with Gasteiger partial charge in [-0.05, 0) is 83.0 Å². The summed E-state index contributed by atoms with van der Waals surface area (Å²) in [6.45, 7) is 13.7. The molecule has 22 heavy (non-hydrogen) atoms. The van der Waals surface area contributed by atoms with Crippen molar-refractivity contribution in [3.8, 4) is 0 Å². The minimum Gasteiger partial charge on any atom is -0.367 e. The molecule has 4 rings (SSSR count). The summed E-state index contributed by atoms with van der Waals surface area (Å²) in [6, 6.07) is 0. The summed E-state index contributed by atoms with van der Waals surface area (Å²) < 4.78 is 11.8. The molecule has 0 amide bonds. The Labute approximate surface area is 135 Å². The topological polar surface area (TPSA) is 25.1 Å². The van der Waals surface area contributed by atoms with Crippen LogP contribution in [0.1, 0.15) is 72.6 Å². The second-order valence-electron chi connectivity index (χ2n) is 9.47. The normalized spacial score (nSPS) is 52.5. The Morgan fingerprint density at radius 3 is 2.55 bits per heavy atom. The highest BCUT2D eigenvalue weighted by atomic mass is 16.6. The van der Waals surface area contributed by atoms with Gasteiger partial charge >= 0.3 is 0 Å². The first kappa shape index (κ1) is 15.2. The van der Waals surface area contributed by atoms with Gasteiger partial charge in [-0.1, -0.05) is 19.1 Å². The molecule has 0 N–H and O–H groups in total. The van der Waals surface area contributed by atoms with Gasteiger partial charge in [0, 0.05) is 0 Å². The Kier molecular flexibility index (Phi) is 3.18. The smallest absolute Gasteiger partial charge is 0.0920 e. The Balaban J connectivity index is 1.41. The van der Waals surface area contributed by atoms with Gasteiger partial charge in [0.15, 0.2) is 0 Å². The van der Waals surface area contributed by atoms with Crippen LogP contribution in [0, 0.1) is 17.3 Å². The highest BCUT2D eigenvalue weighted by Gasteiger charge is 2.57. The predicted octanol–water partition coefficient (Wildman–Crippen LogP) is 4.87. The van der Waals surface area contributed by atoms with E-state index in [-0.39, 0.29) is 11.2 Å². The maximum absolute atomic E-state index is 5.98. The lowest BCUT2D eigenvalue weighted by Gasteiger charge is -2.55. The highest BCUT2D eigenvalue weighted by molar-refractivity contribution is 5.17. The molecule has 2 heterocycles. The molecule has 4 aliphatic rings. The Morgan fingerprint density at radius 2 is 1.86 bits per heavy atom. The number of rotatable bonds is 3. The van der Waals surface area contributed by atoms with Gasteiger partial charge in [0.2, 0.25) is 0 Å². The summed E-state index contributed by atoms with van der Waals surface area (Å²) in [5.74, 6) is 1.60. The van der Waals surface area contributed by atoms with Crippen LogP contribution in [0.25, 0.3) is 0 Å². The molecule has 0 radical (unpaired) electrons. The van der Waals surface area contributed by atoms with E-state index >= 15 is 0 Å². The van der Waals surface area contributed by atoms with Gasteiger partial charge in [-0.15, -0.1) is 0 Å². The largest absolute Gasteiger partial charge is 0.367 e. The number of fused-ring (bicyclic) bond motifs is 2.